The van der Waals surface area contributed by atoms with Crippen LogP contribution in [0.1, 0.15) is 354 Å². The summed E-state index contributed by atoms with van der Waals surface area (Å²) in [6, 6.07) is -0.629. The van der Waals surface area contributed by atoms with Crippen molar-refractivity contribution < 1.29 is 15.0 Å². The zero-order chi connectivity index (χ0) is 55.5. The first kappa shape index (κ1) is 74.6. The average Bonchev–Trinajstić information content (AvgIpc) is 3.43. The van der Waals surface area contributed by atoms with Crippen LogP contribution in [0.15, 0.2) is 85.1 Å². The molecule has 0 aromatic carbocycles. The summed E-state index contributed by atoms with van der Waals surface area (Å²) in [6.45, 7) is 4.23. The Morgan fingerprint density at radius 2 is 0.571 bits per heavy atom. The lowest BCUT2D eigenvalue weighted by atomic mass is 10.0. The first-order chi connectivity index (χ1) is 38.2. The van der Waals surface area contributed by atoms with Gasteiger partial charge in [0.1, 0.15) is 0 Å². The van der Waals surface area contributed by atoms with Crippen LogP contribution in [0.5, 0.6) is 0 Å². The van der Waals surface area contributed by atoms with Crippen molar-refractivity contribution >= 4 is 5.91 Å². The van der Waals surface area contributed by atoms with Gasteiger partial charge in [-0.25, -0.2) is 0 Å². The van der Waals surface area contributed by atoms with E-state index in [4.69, 9.17) is 0 Å². The number of aliphatic hydroxyl groups is 2. The van der Waals surface area contributed by atoms with Gasteiger partial charge in [0, 0.05) is 6.42 Å². The van der Waals surface area contributed by atoms with E-state index in [9.17, 15) is 15.0 Å². The van der Waals surface area contributed by atoms with Gasteiger partial charge in [0.2, 0.25) is 5.91 Å². The van der Waals surface area contributed by atoms with Crippen molar-refractivity contribution in [2.24, 2.45) is 0 Å². The van der Waals surface area contributed by atoms with Gasteiger partial charge in [-0.2, -0.15) is 0 Å². The maximum Gasteiger partial charge on any atom is 0.220 e. The van der Waals surface area contributed by atoms with Crippen molar-refractivity contribution in [3.05, 3.63) is 85.1 Å². The molecule has 0 bridgehead atoms. The molecule has 0 aliphatic rings. The number of carbonyl (C=O) groups is 1. The van der Waals surface area contributed by atoms with Crippen LogP contribution in [0.25, 0.3) is 0 Å². The molecule has 3 N–H and O–H groups in total. The highest BCUT2D eigenvalue weighted by Crippen LogP contribution is 2.18. The van der Waals surface area contributed by atoms with Gasteiger partial charge in [-0.15, -0.1) is 0 Å². The molecular weight excluding hydrogens is 939 g/mol. The van der Waals surface area contributed by atoms with Gasteiger partial charge in [0.15, 0.2) is 0 Å². The first-order valence-corrected chi connectivity index (χ1v) is 34.3. The highest BCUT2D eigenvalue weighted by Gasteiger charge is 2.18. The fourth-order valence-corrected chi connectivity index (χ4v) is 10.5. The van der Waals surface area contributed by atoms with Crippen LogP contribution in [0.3, 0.4) is 0 Å². The van der Waals surface area contributed by atoms with E-state index in [1.807, 2.05) is 6.08 Å². The normalized spacial score (nSPS) is 13.2. The molecule has 4 heteroatoms. The van der Waals surface area contributed by atoms with Crippen LogP contribution in [0.2, 0.25) is 0 Å². The molecule has 0 aromatic heterocycles. The number of rotatable bonds is 63. The van der Waals surface area contributed by atoms with E-state index < -0.39 is 12.1 Å². The number of carbonyl (C=O) groups excluding carboxylic acids is 1. The molecule has 0 aromatic rings. The van der Waals surface area contributed by atoms with E-state index >= 15 is 0 Å². The molecule has 4 nitrogen and oxygen atoms in total. The standard InChI is InChI=1S/C73H133NO3/c1-3-5-7-9-11-13-15-17-19-21-23-25-27-29-31-33-35-37-39-41-43-45-47-49-51-53-55-57-59-61-63-65-67-69-73(77)74-71(70-75)72(76)68-66-64-62-60-58-56-54-52-50-48-46-44-42-40-38-36-34-32-30-28-26-24-22-20-18-16-14-12-10-8-6-4-2/h5,7,11,13,17,19,23,25,29,31,35,37,66,68,71-72,75-76H,3-4,6,8-10,12,14-16,18,20-22,24,26-28,30,32-34,36,38-65,67,69-70H2,1-2H3,(H,74,77)/b7-5-,13-11-,19-17-,25-23-,31-29-,37-35-,68-66+. The smallest absolute Gasteiger partial charge is 0.220 e. The second-order valence-corrected chi connectivity index (χ2v) is 23.2. The Morgan fingerprint density at radius 1 is 0.325 bits per heavy atom. The summed E-state index contributed by atoms with van der Waals surface area (Å²) >= 11 is 0. The summed E-state index contributed by atoms with van der Waals surface area (Å²) < 4.78 is 0. The van der Waals surface area contributed by atoms with E-state index in [1.165, 1.54) is 270 Å². The molecule has 0 aliphatic heterocycles. The Kier molecular flexibility index (Phi) is 65.7. The minimum atomic E-state index is -0.845. The van der Waals surface area contributed by atoms with E-state index in [0.29, 0.717) is 6.42 Å². The van der Waals surface area contributed by atoms with Crippen molar-refractivity contribution in [3.8, 4) is 0 Å². The Morgan fingerprint density at radius 3 is 0.857 bits per heavy atom. The van der Waals surface area contributed by atoms with Gasteiger partial charge in [0.25, 0.3) is 0 Å². The molecule has 0 radical (unpaired) electrons. The van der Waals surface area contributed by atoms with Gasteiger partial charge in [0.05, 0.1) is 18.8 Å². The first-order valence-electron chi connectivity index (χ1n) is 34.3. The SMILES string of the molecule is CC/C=C\C/C=C\C/C=C\C/C=C\C/C=C\C/C=C\CCCCCCCCCCCCCCCCC(=O)NC(CO)C(O)/C=C/CCCCCCCCCCCCCCCCCCCCCCCCCCCCCCCC. The largest absolute Gasteiger partial charge is 0.394 e. The molecular formula is C73H133NO3. The van der Waals surface area contributed by atoms with E-state index in [1.54, 1.807) is 6.08 Å². The zero-order valence-electron chi connectivity index (χ0n) is 51.7. The summed E-state index contributed by atoms with van der Waals surface area (Å²) in [6.07, 6.45) is 99.5. The summed E-state index contributed by atoms with van der Waals surface area (Å²) in [5, 5.41) is 23.3. The quantitative estimate of drug-likeness (QED) is 0.0420. The number of unbranched alkanes of at least 4 members (excludes halogenated alkanes) is 44. The minimum absolute atomic E-state index is 0.0626. The lowest BCUT2D eigenvalue weighted by molar-refractivity contribution is -0.123. The van der Waals surface area contributed by atoms with Crippen LogP contribution in [-0.4, -0.2) is 34.9 Å². The molecule has 2 unspecified atom stereocenters. The van der Waals surface area contributed by atoms with Crippen LogP contribution in [0, 0.1) is 0 Å². The monoisotopic (exact) mass is 1070 g/mol. The number of hydrogen-bond donors (Lipinski definition) is 3. The third-order valence-corrected chi connectivity index (χ3v) is 15.6. The Balaban J connectivity index is 3.47. The third-order valence-electron chi connectivity index (χ3n) is 15.6. The highest BCUT2D eigenvalue weighted by molar-refractivity contribution is 5.76. The van der Waals surface area contributed by atoms with Gasteiger partial charge >= 0.3 is 0 Å². The molecule has 0 saturated carbocycles. The zero-order valence-corrected chi connectivity index (χ0v) is 51.7. The third kappa shape index (κ3) is 64.3. The lowest BCUT2D eigenvalue weighted by Gasteiger charge is -2.20. The molecule has 77 heavy (non-hydrogen) atoms. The van der Waals surface area contributed by atoms with Crippen molar-refractivity contribution in [3.63, 3.8) is 0 Å². The van der Waals surface area contributed by atoms with Crippen molar-refractivity contribution in [1.82, 2.24) is 5.32 Å². The maximum absolute atomic E-state index is 12.5. The van der Waals surface area contributed by atoms with E-state index in [2.05, 4.69) is 92.1 Å². The summed E-state index contributed by atoms with van der Waals surface area (Å²) in [5.74, 6) is -0.0626. The van der Waals surface area contributed by atoms with E-state index in [0.717, 1.165) is 64.2 Å². The molecule has 0 heterocycles. The topological polar surface area (TPSA) is 69.6 Å². The fraction of sp³-hybridized carbons (Fsp3) is 0.795. The van der Waals surface area contributed by atoms with Crippen molar-refractivity contribution in [2.75, 3.05) is 6.61 Å². The maximum atomic E-state index is 12.5. The Bertz CT molecular complexity index is 1360. The lowest BCUT2D eigenvalue weighted by Crippen LogP contribution is -2.45. The van der Waals surface area contributed by atoms with Crippen LogP contribution >= 0.6 is 0 Å². The summed E-state index contributed by atoms with van der Waals surface area (Å²) in [7, 11) is 0. The van der Waals surface area contributed by atoms with Gasteiger partial charge in [-0.3, -0.25) is 4.79 Å². The van der Waals surface area contributed by atoms with Crippen molar-refractivity contribution in [2.45, 2.75) is 366 Å². The van der Waals surface area contributed by atoms with Crippen LogP contribution in [0.4, 0.5) is 0 Å². The molecule has 448 valence electrons. The predicted molar refractivity (Wildman–Crippen MR) is 345 cm³/mol. The number of hydrogen-bond acceptors (Lipinski definition) is 3. The summed E-state index contributed by atoms with van der Waals surface area (Å²) in [5.41, 5.74) is 0. The second-order valence-electron chi connectivity index (χ2n) is 23.2. The van der Waals surface area contributed by atoms with E-state index in [-0.39, 0.29) is 12.5 Å². The number of allylic oxidation sites excluding steroid dienone is 13. The Hall–Kier alpha value is -2.43. The molecule has 0 saturated heterocycles. The second kappa shape index (κ2) is 67.8. The number of aliphatic hydroxyl groups excluding tert-OH is 2. The van der Waals surface area contributed by atoms with Crippen LogP contribution < -0.4 is 5.32 Å². The Labute approximate surface area is 481 Å². The molecule has 0 fully saturated rings. The van der Waals surface area contributed by atoms with Crippen LogP contribution in [-0.2, 0) is 4.79 Å². The molecule has 0 spiro atoms. The fourth-order valence-electron chi connectivity index (χ4n) is 10.5. The number of nitrogens with one attached hydrogen (secondary N) is 1. The molecule has 0 aliphatic carbocycles. The predicted octanol–water partition coefficient (Wildman–Crippen LogP) is 23.4. The van der Waals surface area contributed by atoms with Gasteiger partial charge < -0.3 is 15.5 Å². The van der Waals surface area contributed by atoms with Gasteiger partial charge in [-0.1, -0.05) is 362 Å². The van der Waals surface area contributed by atoms with Crippen molar-refractivity contribution in [1.29, 1.82) is 0 Å². The van der Waals surface area contributed by atoms with Gasteiger partial charge in [-0.05, 0) is 70.6 Å². The molecule has 2 atom stereocenters. The molecule has 0 rings (SSSR count). The summed E-state index contributed by atoms with van der Waals surface area (Å²) in [4.78, 5) is 12.5. The minimum Gasteiger partial charge on any atom is -0.394 e. The molecule has 1 amide bonds. The highest BCUT2D eigenvalue weighted by atomic mass is 16.3. The number of amides is 1. The average molecular weight is 1070 g/mol.